The Morgan fingerprint density at radius 2 is 1.52 bits per heavy atom. The van der Waals surface area contributed by atoms with Crippen LogP contribution in [0.15, 0.2) is 83.8 Å². The molecule has 0 saturated heterocycles. The van der Waals surface area contributed by atoms with Crippen LogP contribution >= 0.6 is 0 Å². The summed E-state index contributed by atoms with van der Waals surface area (Å²) in [5.41, 5.74) is 1.03. The largest absolute Gasteiger partial charge is 0.493 e. The van der Waals surface area contributed by atoms with Crippen LogP contribution in [0.3, 0.4) is 0 Å². The van der Waals surface area contributed by atoms with E-state index < -0.39 is 28.5 Å². The van der Waals surface area contributed by atoms with E-state index in [-0.39, 0.29) is 23.0 Å². The Hall–Kier alpha value is -4.05. The van der Waals surface area contributed by atoms with E-state index in [1.807, 2.05) is 37.3 Å². The van der Waals surface area contributed by atoms with Crippen LogP contribution < -0.4 is 19.1 Å². The molecule has 0 fully saturated rings. The van der Waals surface area contributed by atoms with E-state index in [1.54, 1.807) is 37.3 Å². The van der Waals surface area contributed by atoms with Gasteiger partial charge in [0.05, 0.1) is 24.8 Å². The number of methoxy groups -OCH3 is 2. The van der Waals surface area contributed by atoms with Gasteiger partial charge in [0.15, 0.2) is 11.5 Å². The van der Waals surface area contributed by atoms with E-state index in [4.69, 9.17) is 9.47 Å². The van der Waals surface area contributed by atoms with Gasteiger partial charge in [-0.05, 0) is 43.2 Å². The standard InChI is InChI=1S/C30H37N3O6S/c1-5-6-19-31-30(35)23(2)32(21-24-13-9-7-10-14-24)29(34)22-33(40(36,37)26-15-11-8-12-16-26)25-17-18-27(38-3)28(20-25)39-4/h7-18,20,23H,5-6,19,21-22H2,1-4H3,(H,31,35)/t23-/m1/s1. The van der Waals surface area contributed by atoms with Gasteiger partial charge in [-0.1, -0.05) is 61.9 Å². The average molecular weight is 568 g/mol. The van der Waals surface area contributed by atoms with Crippen LogP contribution in [-0.2, 0) is 26.2 Å². The fourth-order valence-corrected chi connectivity index (χ4v) is 5.55. The highest BCUT2D eigenvalue weighted by molar-refractivity contribution is 7.92. The number of benzene rings is 3. The van der Waals surface area contributed by atoms with E-state index in [1.165, 1.54) is 37.3 Å². The molecule has 0 unspecified atom stereocenters. The fraction of sp³-hybridized carbons (Fsp3) is 0.333. The number of anilines is 1. The number of hydrogen-bond donors (Lipinski definition) is 1. The van der Waals surface area contributed by atoms with Crippen molar-refractivity contribution in [1.82, 2.24) is 10.2 Å². The minimum atomic E-state index is -4.17. The Bertz CT molecular complexity index is 1370. The number of rotatable bonds is 14. The lowest BCUT2D eigenvalue weighted by molar-refractivity contribution is -0.139. The molecular formula is C30H37N3O6S. The third-order valence-electron chi connectivity index (χ3n) is 6.46. The minimum Gasteiger partial charge on any atom is -0.493 e. The van der Waals surface area contributed by atoms with Crippen LogP contribution in [0.1, 0.15) is 32.3 Å². The lowest BCUT2D eigenvalue weighted by Gasteiger charge is -2.32. The normalized spacial score (nSPS) is 11.8. The molecule has 214 valence electrons. The number of carbonyl (C=O) groups is 2. The van der Waals surface area contributed by atoms with Crippen molar-refractivity contribution in [1.29, 1.82) is 0 Å². The van der Waals surface area contributed by atoms with Gasteiger partial charge < -0.3 is 19.7 Å². The predicted molar refractivity (Wildman–Crippen MR) is 155 cm³/mol. The third kappa shape index (κ3) is 7.53. The monoisotopic (exact) mass is 567 g/mol. The molecule has 0 aliphatic carbocycles. The van der Waals surface area contributed by atoms with Gasteiger partial charge in [-0.15, -0.1) is 0 Å². The van der Waals surface area contributed by atoms with Crippen molar-refractivity contribution in [3.05, 3.63) is 84.4 Å². The van der Waals surface area contributed by atoms with Crippen LogP contribution in [0.2, 0.25) is 0 Å². The molecule has 0 aromatic heterocycles. The number of carbonyl (C=O) groups excluding carboxylic acids is 2. The molecule has 2 amide bonds. The Kier molecular flexibility index (Phi) is 11.0. The van der Waals surface area contributed by atoms with Crippen molar-refractivity contribution in [2.75, 3.05) is 31.6 Å². The number of hydrogen-bond acceptors (Lipinski definition) is 6. The molecule has 0 aliphatic rings. The van der Waals surface area contributed by atoms with Gasteiger partial charge in [0.25, 0.3) is 10.0 Å². The van der Waals surface area contributed by atoms with Gasteiger partial charge >= 0.3 is 0 Å². The molecule has 0 spiro atoms. The SMILES string of the molecule is CCCCNC(=O)[C@@H](C)N(Cc1ccccc1)C(=O)CN(c1ccc(OC)c(OC)c1)S(=O)(=O)c1ccccc1. The maximum atomic E-state index is 13.9. The first-order chi connectivity index (χ1) is 19.2. The second kappa shape index (κ2) is 14.4. The molecule has 3 rings (SSSR count). The molecule has 10 heteroatoms. The highest BCUT2D eigenvalue weighted by Crippen LogP contribution is 2.34. The molecule has 0 radical (unpaired) electrons. The summed E-state index contributed by atoms with van der Waals surface area (Å²) in [6.07, 6.45) is 1.73. The summed E-state index contributed by atoms with van der Waals surface area (Å²) >= 11 is 0. The zero-order chi connectivity index (χ0) is 29.1. The number of nitrogens with zero attached hydrogens (tertiary/aromatic N) is 2. The minimum absolute atomic E-state index is 0.0255. The number of sulfonamides is 1. The van der Waals surface area contributed by atoms with Crippen molar-refractivity contribution in [2.45, 2.75) is 44.2 Å². The number of amides is 2. The van der Waals surface area contributed by atoms with Gasteiger partial charge in [-0.25, -0.2) is 8.42 Å². The summed E-state index contributed by atoms with van der Waals surface area (Å²) in [5.74, 6) is -0.110. The van der Waals surface area contributed by atoms with Gasteiger partial charge in [0, 0.05) is 19.2 Å². The average Bonchev–Trinajstić information content (AvgIpc) is 2.98. The molecule has 9 nitrogen and oxygen atoms in total. The Labute approximate surface area is 236 Å². The number of ether oxygens (including phenoxy) is 2. The van der Waals surface area contributed by atoms with Crippen molar-refractivity contribution < 1.29 is 27.5 Å². The molecule has 0 heterocycles. The summed E-state index contributed by atoms with van der Waals surface area (Å²) in [4.78, 5) is 28.4. The Morgan fingerprint density at radius 1 is 0.900 bits per heavy atom. The predicted octanol–water partition coefficient (Wildman–Crippen LogP) is 4.23. The fourth-order valence-electron chi connectivity index (χ4n) is 4.13. The molecule has 3 aromatic rings. The quantitative estimate of drug-likeness (QED) is 0.292. The van der Waals surface area contributed by atoms with E-state index in [0.717, 1.165) is 22.7 Å². The van der Waals surface area contributed by atoms with Gasteiger partial charge in [-0.2, -0.15) is 0 Å². The summed E-state index contributed by atoms with van der Waals surface area (Å²) in [7, 11) is -1.25. The zero-order valence-corrected chi connectivity index (χ0v) is 24.2. The maximum absolute atomic E-state index is 13.9. The van der Waals surface area contributed by atoms with Crippen LogP contribution in [-0.4, -0.2) is 58.5 Å². The van der Waals surface area contributed by atoms with Crippen molar-refractivity contribution in [3.8, 4) is 11.5 Å². The molecule has 0 bridgehead atoms. The lowest BCUT2D eigenvalue weighted by Crippen LogP contribution is -2.51. The third-order valence-corrected chi connectivity index (χ3v) is 8.25. The Balaban J connectivity index is 2.03. The molecular weight excluding hydrogens is 530 g/mol. The molecule has 1 N–H and O–H groups in total. The number of unbranched alkanes of at least 4 members (excludes halogenated alkanes) is 1. The zero-order valence-electron chi connectivity index (χ0n) is 23.4. The van der Waals surface area contributed by atoms with Crippen LogP contribution in [0, 0.1) is 0 Å². The van der Waals surface area contributed by atoms with Crippen molar-refractivity contribution >= 4 is 27.5 Å². The van der Waals surface area contributed by atoms with Gasteiger partial charge in [0.1, 0.15) is 12.6 Å². The molecule has 0 aliphatic heterocycles. The van der Waals surface area contributed by atoms with E-state index >= 15 is 0 Å². The van der Waals surface area contributed by atoms with Gasteiger partial charge in [0.2, 0.25) is 11.8 Å². The lowest BCUT2D eigenvalue weighted by atomic mass is 10.1. The maximum Gasteiger partial charge on any atom is 0.264 e. The molecule has 1 atom stereocenters. The Morgan fingerprint density at radius 3 is 2.12 bits per heavy atom. The summed E-state index contributed by atoms with van der Waals surface area (Å²) in [6.45, 7) is 3.76. The topological polar surface area (TPSA) is 105 Å². The second-order valence-corrected chi connectivity index (χ2v) is 11.1. The summed E-state index contributed by atoms with van der Waals surface area (Å²) < 4.78 is 39.5. The molecule has 40 heavy (non-hydrogen) atoms. The summed E-state index contributed by atoms with van der Waals surface area (Å²) in [6, 6.07) is 21.0. The first kappa shape index (κ1) is 30.5. The van der Waals surface area contributed by atoms with E-state index in [0.29, 0.717) is 18.0 Å². The number of nitrogens with one attached hydrogen (secondary N) is 1. The highest BCUT2D eigenvalue weighted by Gasteiger charge is 2.32. The van der Waals surface area contributed by atoms with E-state index in [2.05, 4.69) is 5.32 Å². The van der Waals surface area contributed by atoms with Crippen molar-refractivity contribution in [3.63, 3.8) is 0 Å². The molecule has 3 aromatic carbocycles. The second-order valence-electron chi connectivity index (χ2n) is 9.19. The van der Waals surface area contributed by atoms with Crippen LogP contribution in [0.5, 0.6) is 11.5 Å². The smallest absolute Gasteiger partial charge is 0.264 e. The van der Waals surface area contributed by atoms with Gasteiger partial charge in [-0.3, -0.25) is 13.9 Å². The van der Waals surface area contributed by atoms with E-state index in [9.17, 15) is 18.0 Å². The highest BCUT2D eigenvalue weighted by atomic mass is 32.2. The van der Waals surface area contributed by atoms with Crippen LogP contribution in [0.25, 0.3) is 0 Å². The van der Waals surface area contributed by atoms with Crippen LogP contribution in [0.4, 0.5) is 5.69 Å². The first-order valence-corrected chi connectivity index (χ1v) is 14.6. The van der Waals surface area contributed by atoms with Crippen molar-refractivity contribution in [2.24, 2.45) is 0 Å². The first-order valence-electron chi connectivity index (χ1n) is 13.1. The summed E-state index contributed by atoms with van der Waals surface area (Å²) in [5, 5.41) is 2.88. The molecule has 0 saturated carbocycles.